The molecular formula is C15H10FN3. The maximum Gasteiger partial charge on any atom is 0.141 e. The molecule has 2 aromatic carbocycles. The molecule has 0 radical (unpaired) electrons. The van der Waals surface area contributed by atoms with E-state index in [1.54, 1.807) is 18.2 Å². The first kappa shape index (κ1) is 11.4. The topological polar surface area (TPSA) is 52.5 Å². The van der Waals surface area contributed by atoms with Crippen molar-refractivity contribution in [1.82, 2.24) is 9.97 Å². The highest BCUT2D eigenvalue weighted by Gasteiger charge is 2.09. The summed E-state index contributed by atoms with van der Waals surface area (Å²) in [7, 11) is 0. The van der Waals surface area contributed by atoms with Crippen LogP contribution in [0.3, 0.4) is 0 Å². The minimum atomic E-state index is -0.307. The Kier molecular flexibility index (Phi) is 2.73. The second-order valence-electron chi connectivity index (χ2n) is 4.25. The average molecular weight is 251 g/mol. The molecule has 92 valence electrons. The van der Waals surface area contributed by atoms with Crippen LogP contribution in [0.25, 0.3) is 22.4 Å². The molecular weight excluding hydrogens is 241 g/mol. The Morgan fingerprint density at radius 3 is 2.84 bits per heavy atom. The SMILES string of the molecule is N#CCc1ccc2nc(-c3ccccc3F)[nH]c2c1. The number of H-pyrrole nitrogens is 1. The van der Waals surface area contributed by atoms with Crippen LogP contribution in [0.15, 0.2) is 42.5 Å². The number of nitrogens with one attached hydrogen (secondary N) is 1. The van der Waals surface area contributed by atoms with Gasteiger partial charge in [-0.1, -0.05) is 18.2 Å². The molecule has 0 saturated heterocycles. The Balaban J connectivity index is 2.12. The van der Waals surface area contributed by atoms with E-state index in [1.165, 1.54) is 6.07 Å². The van der Waals surface area contributed by atoms with Crippen molar-refractivity contribution in [1.29, 1.82) is 5.26 Å². The summed E-state index contributed by atoms with van der Waals surface area (Å²) in [5, 5.41) is 8.69. The summed E-state index contributed by atoms with van der Waals surface area (Å²) in [6, 6.07) is 14.2. The van der Waals surface area contributed by atoms with Crippen LogP contribution in [-0.4, -0.2) is 9.97 Å². The van der Waals surface area contributed by atoms with Crippen molar-refractivity contribution >= 4 is 11.0 Å². The van der Waals surface area contributed by atoms with Gasteiger partial charge < -0.3 is 4.98 Å². The Morgan fingerprint density at radius 2 is 2.05 bits per heavy atom. The molecule has 3 aromatic rings. The molecule has 0 atom stereocenters. The van der Waals surface area contributed by atoms with Gasteiger partial charge in [-0.05, 0) is 29.8 Å². The number of fused-ring (bicyclic) bond motifs is 1. The number of halogens is 1. The van der Waals surface area contributed by atoms with Crippen LogP contribution in [0.5, 0.6) is 0 Å². The Morgan fingerprint density at radius 1 is 1.21 bits per heavy atom. The summed E-state index contributed by atoms with van der Waals surface area (Å²) < 4.78 is 13.7. The monoisotopic (exact) mass is 251 g/mol. The van der Waals surface area contributed by atoms with Crippen LogP contribution in [0.1, 0.15) is 5.56 Å². The van der Waals surface area contributed by atoms with Gasteiger partial charge in [0.05, 0.1) is 29.1 Å². The lowest BCUT2D eigenvalue weighted by molar-refractivity contribution is 0.630. The lowest BCUT2D eigenvalue weighted by atomic mass is 10.1. The number of aromatic nitrogens is 2. The van der Waals surface area contributed by atoms with Crippen LogP contribution >= 0.6 is 0 Å². The van der Waals surface area contributed by atoms with Crippen LogP contribution < -0.4 is 0 Å². The third-order valence-corrected chi connectivity index (χ3v) is 2.96. The molecule has 0 amide bonds. The molecule has 0 bridgehead atoms. The lowest BCUT2D eigenvalue weighted by Gasteiger charge is -1.97. The van der Waals surface area contributed by atoms with Crippen molar-refractivity contribution < 1.29 is 4.39 Å². The predicted octanol–water partition coefficient (Wildman–Crippen LogP) is 3.44. The van der Waals surface area contributed by atoms with Gasteiger partial charge in [-0.2, -0.15) is 5.26 Å². The van der Waals surface area contributed by atoms with Crippen molar-refractivity contribution in [3.05, 3.63) is 53.8 Å². The van der Waals surface area contributed by atoms with Crippen LogP contribution in [0.4, 0.5) is 4.39 Å². The molecule has 1 heterocycles. The number of hydrogen-bond donors (Lipinski definition) is 1. The van der Waals surface area contributed by atoms with Gasteiger partial charge in [0.15, 0.2) is 0 Å². The number of aromatic amines is 1. The normalized spacial score (nSPS) is 10.5. The standard InChI is InChI=1S/C15H10FN3/c16-12-4-2-1-3-11(12)15-18-13-6-5-10(7-8-17)9-14(13)19-15/h1-6,9H,7H2,(H,18,19). The van der Waals surface area contributed by atoms with E-state index in [0.29, 0.717) is 17.8 Å². The predicted molar refractivity (Wildman–Crippen MR) is 70.8 cm³/mol. The van der Waals surface area contributed by atoms with Gasteiger partial charge in [-0.15, -0.1) is 0 Å². The molecule has 0 unspecified atom stereocenters. The van der Waals surface area contributed by atoms with Crippen LogP contribution in [0, 0.1) is 17.1 Å². The molecule has 0 spiro atoms. The first-order valence-corrected chi connectivity index (χ1v) is 5.88. The third kappa shape index (κ3) is 2.06. The Hall–Kier alpha value is -2.67. The van der Waals surface area contributed by atoms with E-state index >= 15 is 0 Å². The first-order valence-electron chi connectivity index (χ1n) is 5.88. The van der Waals surface area contributed by atoms with Crippen molar-refractivity contribution in [2.75, 3.05) is 0 Å². The fourth-order valence-electron chi connectivity index (χ4n) is 2.04. The zero-order valence-electron chi connectivity index (χ0n) is 10.0. The molecule has 1 aromatic heterocycles. The van der Waals surface area contributed by atoms with Gasteiger partial charge in [0, 0.05) is 0 Å². The minimum absolute atomic E-state index is 0.307. The summed E-state index contributed by atoms with van der Waals surface area (Å²) >= 11 is 0. The molecule has 0 aliphatic carbocycles. The summed E-state index contributed by atoms with van der Waals surface area (Å²) in [5.74, 6) is 0.195. The largest absolute Gasteiger partial charge is 0.338 e. The van der Waals surface area contributed by atoms with E-state index in [9.17, 15) is 4.39 Å². The van der Waals surface area contributed by atoms with Gasteiger partial charge >= 0.3 is 0 Å². The molecule has 0 saturated carbocycles. The first-order chi connectivity index (χ1) is 9.28. The second kappa shape index (κ2) is 4.54. The zero-order chi connectivity index (χ0) is 13.2. The van der Waals surface area contributed by atoms with Gasteiger partial charge in [0.1, 0.15) is 11.6 Å². The quantitative estimate of drug-likeness (QED) is 0.758. The van der Waals surface area contributed by atoms with Gasteiger partial charge in [0.2, 0.25) is 0 Å². The number of imidazole rings is 1. The van der Waals surface area contributed by atoms with Crippen LogP contribution in [-0.2, 0) is 6.42 Å². The Labute approximate surface area is 109 Å². The average Bonchev–Trinajstić information content (AvgIpc) is 2.82. The van der Waals surface area contributed by atoms with Gasteiger partial charge in [-0.3, -0.25) is 0 Å². The number of nitriles is 1. The summed E-state index contributed by atoms with van der Waals surface area (Å²) in [6.07, 6.45) is 0.351. The number of benzene rings is 2. The third-order valence-electron chi connectivity index (χ3n) is 2.96. The van der Waals surface area contributed by atoms with E-state index in [2.05, 4.69) is 16.0 Å². The van der Waals surface area contributed by atoms with E-state index in [0.717, 1.165) is 16.6 Å². The number of nitrogens with zero attached hydrogens (tertiary/aromatic N) is 2. The summed E-state index contributed by atoms with van der Waals surface area (Å²) in [5.41, 5.74) is 2.94. The molecule has 4 heteroatoms. The maximum absolute atomic E-state index is 13.7. The van der Waals surface area contributed by atoms with Crippen molar-refractivity contribution in [2.45, 2.75) is 6.42 Å². The number of hydrogen-bond acceptors (Lipinski definition) is 2. The molecule has 0 fully saturated rings. The second-order valence-corrected chi connectivity index (χ2v) is 4.25. The highest BCUT2D eigenvalue weighted by molar-refractivity contribution is 5.80. The summed E-state index contributed by atoms with van der Waals surface area (Å²) in [6.45, 7) is 0. The van der Waals surface area contributed by atoms with Gasteiger partial charge in [0.25, 0.3) is 0 Å². The van der Waals surface area contributed by atoms with Crippen molar-refractivity contribution in [2.24, 2.45) is 0 Å². The maximum atomic E-state index is 13.7. The van der Waals surface area contributed by atoms with E-state index in [4.69, 9.17) is 5.26 Å². The highest BCUT2D eigenvalue weighted by Crippen LogP contribution is 2.23. The molecule has 3 rings (SSSR count). The zero-order valence-corrected chi connectivity index (χ0v) is 10.0. The highest BCUT2D eigenvalue weighted by atomic mass is 19.1. The number of rotatable bonds is 2. The van der Waals surface area contributed by atoms with Gasteiger partial charge in [-0.25, -0.2) is 9.37 Å². The fourth-order valence-corrected chi connectivity index (χ4v) is 2.04. The summed E-state index contributed by atoms with van der Waals surface area (Å²) in [4.78, 5) is 7.46. The lowest BCUT2D eigenvalue weighted by Crippen LogP contribution is -1.84. The molecule has 19 heavy (non-hydrogen) atoms. The van der Waals surface area contributed by atoms with E-state index in [-0.39, 0.29) is 5.82 Å². The minimum Gasteiger partial charge on any atom is -0.338 e. The van der Waals surface area contributed by atoms with Crippen molar-refractivity contribution in [3.8, 4) is 17.5 Å². The molecule has 1 N–H and O–H groups in total. The van der Waals surface area contributed by atoms with E-state index < -0.39 is 0 Å². The Bertz CT molecular complexity index is 783. The molecule has 3 nitrogen and oxygen atoms in total. The van der Waals surface area contributed by atoms with Crippen LogP contribution in [0.2, 0.25) is 0 Å². The van der Waals surface area contributed by atoms with Crippen molar-refractivity contribution in [3.63, 3.8) is 0 Å². The smallest absolute Gasteiger partial charge is 0.141 e. The molecule has 0 aliphatic heterocycles. The fraction of sp³-hybridized carbons (Fsp3) is 0.0667. The molecule has 0 aliphatic rings. The van der Waals surface area contributed by atoms with E-state index in [1.807, 2.05) is 18.2 Å².